The first-order valence-electron chi connectivity index (χ1n) is 8.57. The molecule has 128 valence electrons. The molecule has 5 rings (SSSR count). The Balaban J connectivity index is 1.77. The summed E-state index contributed by atoms with van der Waals surface area (Å²) in [7, 11) is 0. The summed E-state index contributed by atoms with van der Waals surface area (Å²) in [4.78, 5) is 0. The summed E-state index contributed by atoms with van der Waals surface area (Å²) in [6.45, 7) is 0. The second kappa shape index (κ2) is 6.14. The minimum Gasteiger partial charge on any atom is -0.505 e. The van der Waals surface area contributed by atoms with E-state index in [1.807, 2.05) is 72.8 Å². The molecule has 0 aliphatic heterocycles. The van der Waals surface area contributed by atoms with Crippen LogP contribution in [0.4, 0.5) is 11.5 Å². The molecule has 0 saturated heterocycles. The summed E-state index contributed by atoms with van der Waals surface area (Å²) in [5.74, 6) is 0.533. The van der Waals surface area contributed by atoms with E-state index in [-0.39, 0.29) is 5.75 Å². The minimum absolute atomic E-state index is 0.112. The summed E-state index contributed by atoms with van der Waals surface area (Å²) >= 11 is 0. The number of aromatic hydroxyl groups is 1. The number of azo groups is 1. The van der Waals surface area contributed by atoms with Crippen LogP contribution < -0.4 is 0 Å². The lowest BCUT2D eigenvalue weighted by atomic mass is 9.99. The van der Waals surface area contributed by atoms with Gasteiger partial charge in [-0.1, -0.05) is 72.8 Å². The second-order valence-electron chi connectivity index (χ2n) is 6.24. The molecule has 0 aliphatic carbocycles. The zero-order valence-corrected chi connectivity index (χ0v) is 14.2. The van der Waals surface area contributed by atoms with Crippen LogP contribution in [0.1, 0.15) is 0 Å². The summed E-state index contributed by atoms with van der Waals surface area (Å²) in [6.07, 6.45) is 1.69. The number of aromatic nitrogens is 2. The van der Waals surface area contributed by atoms with E-state index in [1.165, 1.54) is 0 Å². The van der Waals surface area contributed by atoms with Gasteiger partial charge in [-0.2, -0.15) is 5.10 Å². The molecule has 0 amide bonds. The van der Waals surface area contributed by atoms with Gasteiger partial charge in [-0.25, -0.2) is 0 Å². The fraction of sp³-hybridized carbons (Fsp3) is 0. The number of nitrogens with zero attached hydrogens (tertiary/aromatic N) is 4. The number of hydrogen-bond acceptors (Lipinski definition) is 5. The van der Waals surface area contributed by atoms with Crippen molar-refractivity contribution in [2.75, 3.05) is 0 Å². The fourth-order valence-electron chi connectivity index (χ4n) is 3.39. The quantitative estimate of drug-likeness (QED) is 0.311. The molecule has 0 unspecified atom stereocenters. The van der Waals surface area contributed by atoms with E-state index in [4.69, 9.17) is 0 Å². The largest absolute Gasteiger partial charge is 0.505 e. The third-order valence-electron chi connectivity index (χ3n) is 4.67. The Morgan fingerprint density at radius 3 is 2.00 bits per heavy atom. The molecule has 5 nitrogen and oxygen atoms in total. The van der Waals surface area contributed by atoms with Crippen LogP contribution >= 0.6 is 0 Å². The Labute approximate surface area is 154 Å². The standard InChI is InChI=1S/C22H14N4O/c27-21-19-12-6-4-10-17(19)16-9-3-5-11-18(16)20(21)24-26-22-15-8-2-1-7-14(15)13-23-25-22/h1-13,27H. The number of fused-ring (bicyclic) bond motifs is 4. The van der Waals surface area contributed by atoms with Crippen molar-refractivity contribution >= 4 is 43.8 Å². The zero-order chi connectivity index (χ0) is 18.2. The second-order valence-corrected chi connectivity index (χ2v) is 6.24. The van der Waals surface area contributed by atoms with E-state index < -0.39 is 0 Å². The maximum absolute atomic E-state index is 10.8. The number of phenols is 1. The molecule has 0 fully saturated rings. The van der Waals surface area contributed by atoms with Gasteiger partial charge >= 0.3 is 0 Å². The molecule has 4 aromatic carbocycles. The molecule has 0 bridgehead atoms. The first-order chi connectivity index (χ1) is 13.3. The predicted octanol–water partition coefficient (Wildman–Crippen LogP) is 6.06. The molecule has 0 radical (unpaired) electrons. The van der Waals surface area contributed by atoms with Crippen molar-refractivity contribution in [3.8, 4) is 5.75 Å². The molecule has 0 atom stereocenters. The van der Waals surface area contributed by atoms with Crippen LogP contribution in [0.25, 0.3) is 32.3 Å². The Morgan fingerprint density at radius 2 is 1.22 bits per heavy atom. The van der Waals surface area contributed by atoms with Crippen LogP contribution in [0.2, 0.25) is 0 Å². The first kappa shape index (κ1) is 15.4. The lowest BCUT2D eigenvalue weighted by Gasteiger charge is -2.09. The smallest absolute Gasteiger partial charge is 0.204 e. The van der Waals surface area contributed by atoms with Gasteiger partial charge < -0.3 is 5.11 Å². The Bertz CT molecular complexity index is 1340. The van der Waals surface area contributed by atoms with Gasteiger partial charge in [0.1, 0.15) is 5.69 Å². The van der Waals surface area contributed by atoms with E-state index in [9.17, 15) is 5.11 Å². The van der Waals surface area contributed by atoms with Gasteiger partial charge in [0.2, 0.25) is 5.82 Å². The highest BCUT2D eigenvalue weighted by molar-refractivity contribution is 6.15. The molecule has 0 aliphatic rings. The normalized spacial score (nSPS) is 11.7. The Hall–Kier alpha value is -3.86. The van der Waals surface area contributed by atoms with Crippen molar-refractivity contribution in [3.63, 3.8) is 0 Å². The van der Waals surface area contributed by atoms with Crippen molar-refractivity contribution < 1.29 is 5.11 Å². The minimum atomic E-state index is 0.112. The summed E-state index contributed by atoms with van der Waals surface area (Å²) in [6, 6.07) is 23.3. The fourth-order valence-corrected chi connectivity index (χ4v) is 3.39. The first-order valence-corrected chi connectivity index (χ1v) is 8.57. The highest BCUT2D eigenvalue weighted by Crippen LogP contribution is 2.43. The third kappa shape index (κ3) is 2.48. The van der Waals surface area contributed by atoms with Crippen molar-refractivity contribution in [1.82, 2.24) is 10.2 Å². The van der Waals surface area contributed by atoms with Crippen LogP contribution in [-0.2, 0) is 0 Å². The number of benzene rings is 4. The number of phenolic OH excluding ortho intramolecular Hbond substituents is 1. The lowest BCUT2D eigenvalue weighted by molar-refractivity contribution is 0.483. The van der Waals surface area contributed by atoms with E-state index in [0.29, 0.717) is 11.5 Å². The van der Waals surface area contributed by atoms with E-state index in [2.05, 4.69) is 20.4 Å². The molecule has 1 heterocycles. The topological polar surface area (TPSA) is 70.7 Å². The zero-order valence-electron chi connectivity index (χ0n) is 14.2. The molecule has 0 saturated carbocycles. The molecule has 27 heavy (non-hydrogen) atoms. The van der Waals surface area contributed by atoms with E-state index >= 15 is 0 Å². The highest BCUT2D eigenvalue weighted by atomic mass is 16.3. The average Bonchev–Trinajstić information content (AvgIpc) is 2.74. The van der Waals surface area contributed by atoms with Crippen molar-refractivity contribution in [2.24, 2.45) is 10.2 Å². The molecule has 5 heteroatoms. The monoisotopic (exact) mass is 350 g/mol. The van der Waals surface area contributed by atoms with Gasteiger partial charge in [-0.05, 0) is 10.8 Å². The third-order valence-corrected chi connectivity index (χ3v) is 4.67. The number of hydrogen-bond donors (Lipinski definition) is 1. The molecule has 5 aromatic rings. The van der Waals surface area contributed by atoms with Crippen LogP contribution in [0, 0.1) is 0 Å². The predicted molar refractivity (Wildman–Crippen MR) is 107 cm³/mol. The Morgan fingerprint density at radius 1 is 0.630 bits per heavy atom. The lowest BCUT2D eigenvalue weighted by Crippen LogP contribution is -1.83. The number of rotatable bonds is 2. The van der Waals surface area contributed by atoms with Gasteiger partial charge in [0, 0.05) is 21.5 Å². The molecule has 0 spiro atoms. The van der Waals surface area contributed by atoms with Crippen LogP contribution in [-0.4, -0.2) is 15.3 Å². The molecule has 1 N–H and O–H groups in total. The van der Waals surface area contributed by atoms with Gasteiger partial charge in [-0.3, -0.25) is 0 Å². The van der Waals surface area contributed by atoms with Crippen molar-refractivity contribution in [2.45, 2.75) is 0 Å². The van der Waals surface area contributed by atoms with Crippen LogP contribution in [0.5, 0.6) is 5.75 Å². The summed E-state index contributed by atoms with van der Waals surface area (Å²) < 4.78 is 0. The van der Waals surface area contributed by atoms with Crippen LogP contribution in [0.15, 0.2) is 89.2 Å². The SMILES string of the molecule is Oc1c(N=Nc2nncc3ccccc23)c2ccccc2c2ccccc12. The van der Waals surface area contributed by atoms with Gasteiger partial charge in [0.05, 0.1) is 6.20 Å². The summed E-state index contributed by atoms with van der Waals surface area (Å²) in [5.41, 5.74) is 0.430. The molecular weight excluding hydrogens is 336 g/mol. The molecular formula is C22H14N4O. The maximum atomic E-state index is 10.8. The molecule has 1 aromatic heterocycles. The van der Waals surface area contributed by atoms with E-state index in [0.717, 1.165) is 32.3 Å². The Kier molecular flexibility index (Phi) is 3.50. The summed E-state index contributed by atoms with van der Waals surface area (Å²) in [5, 5.41) is 33.0. The van der Waals surface area contributed by atoms with Gasteiger partial charge in [0.15, 0.2) is 5.75 Å². The van der Waals surface area contributed by atoms with Gasteiger partial charge in [-0.15, -0.1) is 15.3 Å². The van der Waals surface area contributed by atoms with Crippen molar-refractivity contribution in [1.29, 1.82) is 0 Å². The van der Waals surface area contributed by atoms with Gasteiger partial charge in [0.25, 0.3) is 0 Å². The van der Waals surface area contributed by atoms with Crippen molar-refractivity contribution in [3.05, 3.63) is 79.0 Å². The average molecular weight is 350 g/mol. The van der Waals surface area contributed by atoms with Crippen LogP contribution in [0.3, 0.4) is 0 Å². The maximum Gasteiger partial charge on any atom is 0.204 e. The highest BCUT2D eigenvalue weighted by Gasteiger charge is 2.13. The van der Waals surface area contributed by atoms with E-state index in [1.54, 1.807) is 6.20 Å².